The van der Waals surface area contributed by atoms with Gasteiger partial charge in [-0.2, -0.15) is 0 Å². The molecule has 4 rings (SSSR count). The number of aromatic amines is 1. The van der Waals surface area contributed by atoms with Crippen LogP contribution in [0.15, 0.2) is 55.0 Å². The Hall–Kier alpha value is -3.34. The molecule has 2 heterocycles. The zero-order chi connectivity index (χ0) is 16.5. The lowest BCUT2D eigenvalue weighted by atomic mass is 10.00. The van der Waals surface area contributed by atoms with Crippen LogP contribution < -0.4 is 10.1 Å². The number of methoxy groups -OCH3 is 1. The maximum absolute atomic E-state index is 12.3. The third kappa shape index (κ3) is 2.46. The molecule has 1 aliphatic heterocycles. The summed E-state index contributed by atoms with van der Waals surface area (Å²) in [5.41, 5.74) is 5.19. The number of carbonyl (C=O) groups excluding carboxylic acids is 1. The van der Waals surface area contributed by atoms with Gasteiger partial charge in [0.1, 0.15) is 5.75 Å². The molecule has 2 aromatic carbocycles. The van der Waals surface area contributed by atoms with Crippen molar-refractivity contribution < 1.29 is 9.53 Å². The van der Waals surface area contributed by atoms with Gasteiger partial charge in [0, 0.05) is 11.3 Å². The van der Waals surface area contributed by atoms with Crippen LogP contribution in [0.25, 0.3) is 22.8 Å². The molecule has 1 amide bonds. The smallest absolute Gasteiger partial charge is 0.256 e. The summed E-state index contributed by atoms with van der Waals surface area (Å²) in [6.07, 6.45) is 5.08. The summed E-state index contributed by atoms with van der Waals surface area (Å²) in [6.45, 7) is 0. The van der Waals surface area contributed by atoms with Crippen LogP contribution in [0.4, 0.5) is 5.69 Å². The Morgan fingerprint density at radius 1 is 1.12 bits per heavy atom. The number of anilines is 1. The number of aromatic nitrogens is 2. The second kappa shape index (κ2) is 5.70. The molecule has 2 N–H and O–H groups in total. The number of nitrogens with one attached hydrogen (secondary N) is 2. The van der Waals surface area contributed by atoms with E-state index in [9.17, 15) is 4.79 Å². The lowest BCUT2D eigenvalue weighted by Crippen LogP contribution is -2.03. The minimum Gasteiger partial charge on any atom is -0.497 e. The number of ether oxygens (including phenoxy) is 1. The van der Waals surface area contributed by atoms with Crippen molar-refractivity contribution in [1.29, 1.82) is 0 Å². The Morgan fingerprint density at radius 2 is 2.00 bits per heavy atom. The number of nitrogens with zero attached hydrogens (tertiary/aromatic N) is 1. The van der Waals surface area contributed by atoms with Crippen molar-refractivity contribution in [2.45, 2.75) is 0 Å². The second-order valence-electron chi connectivity index (χ2n) is 5.51. The molecule has 0 saturated carbocycles. The topological polar surface area (TPSA) is 67.0 Å². The van der Waals surface area contributed by atoms with Gasteiger partial charge in [-0.3, -0.25) is 4.79 Å². The van der Waals surface area contributed by atoms with Crippen LogP contribution in [0.1, 0.15) is 11.3 Å². The first-order valence-electron chi connectivity index (χ1n) is 7.55. The molecular weight excluding hydrogens is 302 g/mol. The van der Waals surface area contributed by atoms with Crippen molar-refractivity contribution >= 4 is 23.2 Å². The normalized spacial score (nSPS) is 14.5. The zero-order valence-corrected chi connectivity index (χ0v) is 13.0. The summed E-state index contributed by atoms with van der Waals surface area (Å²) < 4.78 is 5.27. The molecule has 0 unspecified atom stereocenters. The predicted octanol–water partition coefficient (Wildman–Crippen LogP) is 3.58. The minimum atomic E-state index is -0.109. The highest BCUT2D eigenvalue weighted by molar-refractivity contribution is 6.35. The lowest BCUT2D eigenvalue weighted by molar-refractivity contribution is -0.110. The zero-order valence-electron chi connectivity index (χ0n) is 13.0. The molecule has 5 nitrogen and oxygen atoms in total. The first kappa shape index (κ1) is 14.3. The molecule has 3 aromatic rings. The first-order valence-corrected chi connectivity index (χ1v) is 7.55. The summed E-state index contributed by atoms with van der Waals surface area (Å²) in [5.74, 6) is 0.694. The number of carbonyl (C=O) groups is 1. The van der Waals surface area contributed by atoms with Crippen LogP contribution in [-0.4, -0.2) is 23.0 Å². The van der Waals surface area contributed by atoms with Crippen LogP contribution in [0.2, 0.25) is 0 Å². The summed E-state index contributed by atoms with van der Waals surface area (Å²) in [6, 6.07) is 13.8. The van der Waals surface area contributed by atoms with E-state index in [2.05, 4.69) is 15.3 Å². The van der Waals surface area contributed by atoms with E-state index in [-0.39, 0.29) is 5.91 Å². The van der Waals surface area contributed by atoms with Gasteiger partial charge in [-0.25, -0.2) is 4.98 Å². The quantitative estimate of drug-likeness (QED) is 0.726. The molecule has 1 aliphatic rings. The van der Waals surface area contributed by atoms with E-state index >= 15 is 0 Å². The molecule has 1 aromatic heterocycles. The van der Waals surface area contributed by atoms with Gasteiger partial charge in [0.05, 0.1) is 30.9 Å². The van der Waals surface area contributed by atoms with Crippen LogP contribution in [-0.2, 0) is 4.79 Å². The number of benzene rings is 2. The van der Waals surface area contributed by atoms with Gasteiger partial charge in [0.15, 0.2) is 0 Å². The van der Waals surface area contributed by atoms with Crippen molar-refractivity contribution in [2.24, 2.45) is 0 Å². The van der Waals surface area contributed by atoms with E-state index in [4.69, 9.17) is 4.74 Å². The molecule has 24 heavy (non-hydrogen) atoms. The average molecular weight is 317 g/mol. The highest BCUT2D eigenvalue weighted by Crippen LogP contribution is 2.36. The number of hydrogen-bond acceptors (Lipinski definition) is 3. The Labute approximate surface area is 139 Å². The summed E-state index contributed by atoms with van der Waals surface area (Å²) in [4.78, 5) is 19.2. The van der Waals surface area contributed by atoms with Gasteiger partial charge in [0.25, 0.3) is 5.91 Å². The Morgan fingerprint density at radius 3 is 2.79 bits per heavy atom. The maximum Gasteiger partial charge on any atom is 0.256 e. The third-order valence-corrected chi connectivity index (χ3v) is 4.02. The molecule has 0 spiro atoms. The molecule has 0 fully saturated rings. The summed E-state index contributed by atoms with van der Waals surface area (Å²) in [5, 5.41) is 2.93. The SMILES string of the molecule is COc1cccc(-c2ccc3c(c2)NC(=O)C3=Cc2cnc[nH]2)c1. The molecule has 118 valence electrons. The van der Waals surface area contributed by atoms with Crippen molar-refractivity contribution in [1.82, 2.24) is 9.97 Å². The van der Waals surface area contributed by atoms with Gasteiger partial charge in [-0.1, -0.05) is 24.3 Å². The van der Waals surface area contributed by atoms with Gasteiger partial charge in [-0.05, 0) is 35.4 Å². The fourth-order valence-corrected chi connectivity index (χ4v) is 2.82. The van der Waals surface area contributed by atoms with E-state index in [1.807, 2.05) is 42.5 Å². The van der Waals surface area contributed by atoms with E-state index < -0.39 is 0 Å². The number of H-pyrrole nitrogens is 1. The standard InChI is InChI=1S/C19H15N3O2/c1-24-15-4-2-3-12(7-15)13-5-6-16-17(9-14-10-20-11-21-14)19(23)22-18(16)8-13/h2-11H,1H3,(H,20,21)(H,22,23). The largest absolute Gasteiger partial charge is 0.497 e. The number of hydrogen-bond donors (Lipinski definition) is 2. The van der Waals surface area contributed by atoms with Gasteiger partial charge in [0.2, 0.25) is 0 Å². The number of imidazole rings is 1. The van der Waals surface area contributed by atoms with Crippen LogP contribution in [0.5, 0.6) is 5.75 Å². The maximum atomic E-state index is 12.3. The average Bonchev–Trinajstić information content (AvgIpc) is 3.23. The molecular formula is C19H15N3O2. The number of amides is 1. The van der Waals surface area contributed by atoms with E-state index in [0.717, 1.165) is 33.8 Å². The molecule has 0 bridgehead atoms. The highest BCUT2D eigenvalue weighted by Gasteiger charge is 2.24. The molecule has 5 heteroatoms. The Kier molecular flexibility index (Phi) is 3.39. The molecule has 0 radical (unpaired) electrons. The monoisotopic (exact) mass is 317 g/mol. The minimum absolute atomic E-state index is 0.109. The molecule has 0 saturated heterocycles. The second-order valence-corrected chi connectivity index (χ2v) is 5.51. The van der Waals surface area contributed by atoms with Crippen molar-refractivity contribution in [3.05, 3.63) is 66.2 Å². The molecule has 0 aliphatic carbocycles. The fourth-order valence-electron chi connectivity index (χ4n) is 2.82. The lowest BCUT2D eigenvalue weighted by Gasteiger charge is -2.07. The summed E-state index contributed by atoms with van der Waals surface area (Å²) in [7, 11) is 1.65. The third-order valence-electron chi connectivity index (χ3n) is 4.02. The summed E-state index contributed by atoms with van der Waals surface area (Å²) >= 11 is 0. The van der Waals surface area contributed by atoms with Crippen LogP contribution in [0.3, 0.4) is 0 Å². The van der Waals surface area contributed by atoms with E-state index in [0.29, 0.717) is 5.57 Å². The fraction of sp³-hybridized carbons (Fsp3) is 0.0526. The first-order chi connectivity index (χ1) is 11.7. The van der Waals surface area contributed by atoms with Gasteiger partial charge < -0.3 is 15.0 Å². The predicted molar refractivity (Wildman–Crippen MR) is 93.5 cm³/mol. The number of fused-ring (bicyclic) bond motifs is 1. The van der Waals surface area contributed by atoms with Crippen LogP contribution >= 0.6 is 0 Å². The van der Waals surface area contributed by atoms with Gasteiger partial charge >= 0.3 is 0 Å². The van der Waals surface area contributed by atoms with E-state index in [1.54, 1.807) is 25.7 Å². The van der Waals surface area contributed by atoms with Crippen molar-refractivity contribution in [3.8, 4) is 16.9 Å². The Balaban J connectivity index is 1.75. The van der Waals surface area contributed by atoms with Gasteiger partial charge in [-0.15, -0.1) is 0 Å². The van der Waals surface area contributed by atoms with Crippen LogP contribution in [0, 0.1) is 0 Å². The number of rotatable bonds is 3. The van der Waals surface area contributed by atoms with Crippen molar-refractivity contribution in [2.75, 3.05) is 12.4 Å². The van der Waals surface area contributed by atoms with Crippen molar-refractivity contribution in [3.63, 3.8) is 0 Å². The Bertz CT molecular complexity index is 943. The molecule has 0 atom stereocenters. The van der Waals surface area contributed by atoms with E-state index in [1.165, 1.54) is 0 Å². The highest BCUT2D eigenvalue weighted by atomic mass is 16.5.